The molecule has 28 heavy (non-hydrogen) atoms. The second kappa shape index (κ2) is 9.85. The number of carbonyl (C=O) groups excluding carboxylic acids is 2. The maximum Gasteiger partial charge on any atom is 0.342 e. The van der Waals surface area contributed by atoms with E-state index in [0.29, 0.717) is 16.5 Å². The Labute approximate surface area is 168 Å². The third-order valence-corrected chi connectivity index (χ3v) is 4.35. The lowest BCUT2D eigenvalue weighted by atomic mass is 10.1. The maximum atomic E-state index is 12.4. The summed E-state index contributed by atoms with van der Waals surface area (Å²) < 4.78 is 20.7. The Morgan fingerprint density at radius 2 is 1.61 bits per heavy atom. The zero-order valence-electron chi connectivity index (χ0n) is 16.1. The molecule has 0 spiro atoms. The fraction of sp³-hybridized carbons (Fsp3) is 0.300. The first-order chi connectivity index (χ1) is 13.4. The highest BCUT2D eigenvalue weighted by Gasteiger charge is 2.20. The average molecular weight is 408 g/mol. The van der Waals surface area contributed by atoms with E-state index >= 15 is 0 Å². The number of amides is 1. The normalized spacial score (nSPS) is 11.3. The zero-order valence-corrected chi connectivity index (χ0v) is 16.8. The fourth-order valence-electron chi connectivity index (χ4n) is 2.58. The molecule has 0 saturated heterocycles. The van der Waals surface area contributed by atoms with Gasteiger partial charge in [0.15, 0.2) is 18.1 Å². The van der Waals surface area contributed by atoms with Gasteiger partial charge in [-0.25, -0.2) is 4.79 Å². The largest absolute Gasteiger partial charge is 0.496 e. The molecule has 0 heterocycles. The first kappa shape index (κ1) is 21.4. The highest BCUT2D eigenvalue weighted by molar-refractivity contribution is 6.31. The van der Waals surface area contributed by atoms with Gasteiger partial charge in [0.2, 0.25) is 0 Å². The Kier molecular flexibility index (Phi) is 7.52. The minimum Gasteiger partial charge on any atom is -0.496 e. The molecule has 0 radical (unpaired) electrons. The molecule has 7 nitrogen and oxygen atoms in total. The van der Waals surface area contributed by atoms with Crippen molar-refractivity contribution >= 4 is 23.5 Å². The standard InChI is InChI=1S/C20H22ClNO6/c1-12(13-7-5-6-8-15(13)21)22-19(23)11-28-20(24)14-9-17(26-3)18(27-4)10-16(14)25-2/h5-10,12H,11H2,1-4H3,(H,22,23)/t12-/m1/s1. The predicted molar refractivity (Wildman–Crippen MR) is 104 cm³/mol. The van der Waals surface area contributed by atoms with Gasteiger partial charge >= 0.3 is 5.97 Å². The SMILES string of the molecule is COc1cc(OC)c(C(=O)OCC(=O)N[C@H](C)c2ccccc2Cl)cc1OC. The van der Waals surface area contributed by atoms with Gasteiger partial charge in [0.1, 0.15) is 11.3 Å². The van der Waals surface area contributed by atoms with E-state index in [-0.39, 0.29) is 17.4 Å². The summed E-state index contributed by atoms with van der Waals surface area (Å²) in [5.41, 5.74) is 0.887. The number of halogens is 1. The van der Waals surface area contributed by atoms with Gasteiger partial charge in [-0.05, 0) is 18.6 Å². The van der Waals surface area contributed by atoms with Crippen LogP contribution in [0.3, 0.4) is 0 Å². The van der Waals surface area contributed by atoms with Gasteiger partial charge in [0, 0.05) is 17.2 Å². The lowest BCUT2D eigenvalue weighted by Crippen LogP contribution is -2.31. The number of benzene rings is 2. The minimum absolute atomic E-state index is 0.118. The molecule has 0 fully saturated rings. The van der Waals surface area contributed by atoms with Gasteiger partial charge in [-0.15, -0.1) is 0 Å². The van der Waals surface area contributed by atoms with Crippen molar-refractivity contribution in [1.82, 2.24) is 5.32 Å². The summed E-state index contributed by atoms with van der Waals surface area (Å²) in [4.78, 5) is 24.6. The fourth-order valence-corrected chi connectivity index (χ4v) is 2.88. The third kappa shape index (κ3) is 5.07. The van der Waals surface area contributed by atoms with Crippen LogP contribution in [0.25, 0.3) is 0 Å². The number of hydrogen-bond donors (Lipinski definition) is 1. The summed E-state index contributed by atoms with van der Waals surface area (Å²) in [6.07, 6.45) is 0. The highest BCUT2D eigenvalue weighted by Crippen LogP contribution is 2.34. The Morgan fingerprint density at radius 3 is 2.21 bits per heavy atom. The van der Waals surface area contributed by atoms with E-state index in [2.05, 4.69) is 5.32 Å². The van der Waals surface area contributed by atoms with Crippen LogP contribution in [0.1, 0.15) is 28.9 Å². The Morgan fingerprint density at radius 1 is 1.00 bits per heavy atom. The van der Waals surface area contributed by atoms with Gasteiger partial charge < -0.3 is 24.3 Å². The first-order valence-corrected chi connectivity index (χ1v) is 8.80. The molecule has 2 aromatic carbocycles. The molecule has 0 aliphatic rings. The number of esters is 1. The van der Waals surface area contributed by atoms with Gasteiger partial charge in [0.05, 0.1) is 27.4 Å². The van der Waals surface area contributed by atoms with E-state index in [1.54, 1.807) is 19.1 Å². The number of methoxy groups -OCH3 is 3. The molecular weight excluding hydrogens is 386 g/mol. The van der Waals surface area contributed by atoms with Crippen molar-refractivity contribution in [1.29, 1.82) is 0 Å². The number of carbonyl (C=O) groups is 2. The van der Waals surface area contributed by atoms with Crippen LogP contribution in [0.15, 0.2) is 36.4 Å². The average Bonchev–Trinajstić information content (AvgIpc) is 2.71. The van der Waals surface area contributed by atoms with Crippen LogP contribution >= 0.6 is 11.6 Å². The Balaban J connectivity index is 2.03. The minimum atomic E-state index is -0.724. The smallest absolute Gasteiger partial charge is 0.342 e. The van der Waals surface area contributed by atoms with Crippen LogP contribution in [0.2, 0.25) is 5.02 Å². The van der Waals surface area contributed by atoms with Crippen molar-refractivity contribution in [3.05, 3.63) is 52.5 Å². The lowest BCUT2D eigenvalue weighted by Gasteiger charge is -2.16. The summed E-state index contributed by atoms with van der Waals surface area (Å²) in [6, 6.07) is 9.79. The topological polar surface area (TPSA) is 83.1 Å². The van der Waals surface area contributed by atoms with E-state index in [9.17, 15) is 9.59 Å². The van der Waals surface area contributed by atoms with Crippen molar-refractivity contribution < 1.29 is 28.5 Å². The second-order valence-corrected chi connectivity index (χ2v) is 6.20. The zero-order chi connectivity index (χ0) is 20.7. The molecule has 0 bridgehead atoms. The molecule has 0 saturated carbocycles. The van der Waals surface area contributed by atoms with E-state index in [0.717, 1.165) is 5.56 Å². The van der Waals surface area contributed by atoms with Crippen LogP contribution in [0.4, 0.5) is 0 Å². The van der Waals surface area contributed by atoms with Crippen LogP contribution < -0.4 is 19.5 Å². The first-order valence-electron chi connectivity index (χ1n) is 8.42. The monoisotopic (exact) mass is 407 g/mol. The summed E-state index contributed by atoms with van der Waals surface area (Å²) in [5.74, 6) is -0.194. The predicted octanol–water partition coefficient (Wildman–Crippen LogP) is 3.40. The van der Waals surface area contributed by atoms with Crippen molar-refractivity contribution in [2.45, 2.75) is 13.0 Å². The maximum absolute atomic E-state index is 12.4. The molecule has 0 aliphatic carbocycles. The molecule has 0 aliphatic heterocycles. The van der Waals surface area contributed by atoms with Crippen molar-refractivity contribution in [2.75, 3.05) is 27.9 Å². The summed E-state index contributed by atoms with van der Waals surface area (Å²) >= 11 is 6.12. The number of nitrogens with one attached hydrogen (secondary N) is 1. The molecule has 1 N–H and O–H groups in total. The Bertz CT molecular complexity index is 855. The Hall–Kier alpha value is -2.93. The molecule has 2 aromatic rings. The summed E-state index contributed by atoms with van der Waals surface area (Å²) in [5, 5.41) is 3.28. The van der Waals surface area contributed by atoms with Gasteiger partial charge in [-0.1, -0.05) is 29.8 Å². The number of hydrogen-bond acceptors (Lipinski definition) is 6. The second-order valence-electron chi connectivity index (χ2n) is 5.79. The molecule has 1 atom stereocenters. The summed E-state index contributed by atoms with van der Waals surface area (Å²) in [6.45, 7) is 1.34. The molecule has 8 heteroatoms. The quantitative estimate of drug-likeness (QED) is 0.675. The molecule has 1 amide bonds. The lowest BCUT2D eigenvalue weighted by molar-refractivity contribution is -0.124. The molecule has 0 aromatic heterocycles. The van der Waals surface area contributed by atoms with E-state index in [4.69, 9.17) is 30.5 Å². The van der Waals surface area contributed by atoms with Gasteiger partial charge in [0.25, 0.3) is 5.91 Å². The van der Waals surface area contributed by atoms with Crippen LogP contribution in [-0.4, -0.2) is 39.8 Å². The molecule has 0 unspecified atom stereocenters. The van der Waals surface area contributed by atoms with Crippen LogP contribution in [0, 0.1) is 0 Å². The third-order valence-electron chi connectivity index (χ3n) is 4.01. The van der Waals surface area contributed by atoms with Crippen LogP contribution in [0.5, 0.6) is 17.2 Å². The van der Waals surface area contributed by atoms with E-state index in [1.165, 1.54) is 33.5 Å². The van der Waals surface area contributed by atoms with Gasteiger partial charge in [-0.3, -0.25) is 4.79 Å². The van der Waals surface area contributed by atoms with Crippen molar-refractivity contribution in [2.24, 2.45) is 0 Å². The van der Waals surface area contributed by atoms with Crippen molar-refractivity contribution in [3.63, 3.8) is 0 Å². The summed E-state index contributed by atoms with van der Waals surface area (Å²) in [7, 11) is 4.33. The number of rotatable bonds is 8. The van der Waals surface area contributed by atoms with Crippen LogP contribution in [-0.2, 0) is 9.53 Å². The van der Waals surface area contributed by atoms with Crippen molar-refractivity contribution in [3.8, 4) is 17.2 Å². The number of ether oxygens (including phenoxy) is 4. The van der Waals surface area contributed by atoms with Gasteiger partial charge in [-0.2, -0.15) is 0 Å². The molecular formula is C20H22ClNO6. The van der Waals surface area contributed by atoms with E-state index in [1.807, 2.05) is 12.1 Å². The molecule has 150 valence electrons. The highest BCUT2D eigenvalue weighted by atomic mass is 35.5. The molecule has 2 rings (SSSR count). The van der Waals surface area contributed by atoms with E-state index < -0.39 is 18.5 Å².